The number of rotatable bonds is 3. The summed E-state index contributed by atoms with van der Waals surface area (Å²) in [6, 6.07) is 4.07. The summed E-state index contributed by atoms with van der Waals surface area (Å²) in [5, 5.41) is 0. The number of benzene rings is 1. The van der Waals surface area contributed by atoms with Crippen LogP contribution in [0.15, 0.2) is 29.2 Å². The van der Waals surface area contributed by atoms with Gasteiger partial charge in [-0.3, -0.25) is 0 Å². The molecule has 0 amide bonds. The molecule has 2 rings (SSSR count). The Kier molecular flexibility index (Phi) is 3.94. The minimum absolute atomic E-state index is 0.159. The second-order valence-electron chi connectivity index (χ2n) is 4.43. The van der Waals surface area contributed by atoms with E-state index in [0.29, 0.717) is 6.42 Å². The summed E-state index contributed by atoms with van der Waals surface area (Å²) in [5.74, 6) is -0.568. The lowest BCUT2D eigenvalue weighted by Gasteiger charge is -2.16. The zero-order valence-corrected chi connectivity index (χ0v) is 11.1. The van der Waals surface area contributed by atoms with E-state index in [1.807, 2.05) is 0 Å². The van der Waals surface area contributed by atoms with Crippen molar-refractivity contribution in [1.29, 1.82) is 0 Å². The van der Waals surface area contributed by atoms with Crippen molar-refractivity contribution in [3.8, 4) is 5.75 Å². The highest BCUT2D eigenvalue weighted by molar-refractivity contribution is 7.89. The Hall–Kier alpha value is -1.32. The molecule has 1 aliphatic heterocycles. The first-order chi connectivity index (χ1) is 9.18. The fourth-order valence-corrected chi connectivity index (χ4v) is 3.50. The third kappa shape index (κ3) is 3.41. The Bertz CT molecular complexity index is 589. The van der Waals surface area contributed by atoms with Crippen molar-refractivity contribution in [2.75, 3.05) is 13.1 Å². The van der Waals surface area contributed by atoms with Gasteiger partial charge >= 0.3 is 6.36 Å². The fourth-order valence-electron chi connectivity index (χ4n) is 1.95. The Morgan fingerprint density at radius 1 is 1.35 bits per heavy atom. The zero-order valence-electron chi connectivity index (χ0n) is 10.3. The van der Waals surface area contributed by atoms with Crippen molar-refractivity contribution in [1.82, 2.24) is 4.31 Å². The molecule has 1 heterocycles. The van der Waals surface area contributed by atoms with Crippen LogP contribution in [0, 0.1) is 0 Å². The molecule has 5 nitrogen and oxygen atoms in total. The molecule has 2 N–H and O–H groups in total. The van der Waals surface area contributed by atoms with Crippen LogP contribution >= 0.6 is 0 Å². The van der Waals surface area contributed by atoms with Crippen molar-refractivity contribution in [2.24, 2.45) is 5.73 Å². The first kappa shape index (κ1) is 15.1. The van der Waals surface area contributed by atoms with E-state index >= 15 is 0 Å². The molecule has 112 valence electrons. The first-order valence-electron chi connectivity index (χ1n) is 5.80. The highest BCUT2D eigenvalue weighted by atomic mass is 32.2. The van der Waals surface area contributed by atoms with E-state index in [4.69, 9.17) is 5.73 Å². The van der Waals surface area contributed by atoms with Crippen molar-refractivity contribution >= 4 is 10.0 Å². The molecule has 1 saturated heterocycles. The predicted molar refractivity (Wildman–Crippen MR) is 64.5 cm³/mol. The smallest absolute Gasteiger partial charge is 0.406 e. The van der Waals surface area contributed by atoms with Gasteiger partial charge < -0.3 is 10.5 Å². The van der Waals surface area contributed by atoms with Crippen LogP contribution in [-0.4, -0.2) is 38.2 Å². The monoisotopic (exact) mass is 310 g/mol. The van der Waals surface area contributed by atoms with Gasteiger partial charge in [0.2, 0.25) is 10.0 Å². The lowest BCUT2D eigenvalue weighted by molar-refractivity contribution is -0.274. The van der Waals surface area contributed by atoms with Crippen molar-refractivity contribution in [2.45, 2.75) is 23.7 Å². The molecule has 1 aromatic rings. The Labute approximate surface area is 114 Å². The second-order valence-corrected chi connectivity index (χ2v) is 6.37. The van der Waals surface area contributed by atoms with E-state index in [-0.39, 0.29) is 24.0 Å². The molecule has 0 spiro atoms. The molecule has 20 heavy (non-hydrogen) atoms. The minimum Gasteiger partial charge on any atom is -0.406 e. The normalized spacial score (nSPS) is 21.1. The molecule has 0 aromatic heterocycles. The lowest BCUT2D eigenvalue weighted by Crippen LogP contribution is -2.32. The summed E-state index contributed by atoms with van der Waals surface area (Å²) in [7, 11) is -3.84. The van der Waals surface area contributed by atoms with Crippen LogP contribution in [0.5, 0.6) is 5.75 Å². The van der Waals surface area contributed by atoms with Crippen LogP contribution in [0.2, 0.25) is 0 Å². The van der Waals surface area contributed by atoms with Gasteiger partial charge in [-0.25, -0.2) is 8.42 Å². The predicted octanol–water partition coefficient (Wildman–Crippen LogP) is 1.31. The summed E-state index contributed by atoms with van der Waals surface area (Å²) in [6.07, 6.45) is -4.34. The van der Waals surface area contributed by atoms with Gasteiger partial charge in [0, 0.05) is 25.2 Å². The van der Waals surface area contributed by atoms with Crippen LogP contribution in [0.1, 0.15) is 6.42 Å². The molecular weight excluding hydrogens is 297 g/mol. The van der Waals surface area contributed by atoms with Crippen LogP contribution < -0.4 is 10.5 Å². The van der Waals surface area contributed by atoms with Gasteiger partial charge in [-0.2, -0.15) is 4.31 Å². The molecule has 0 radical (unpaired) electrons. The number of alkyl halides is 3. The highest BCUT2D eigenvalue weighted by Gasteiger charge is 2.33. The Balaban J connectivity index is 2.26. The van der Waals surface area contributed by atoms with E-state index in [1.54, 1.807) is 0 Å². The molecule has 1 fully saturated rings. The third-order valence-electron chi connectivity index (χ3n) is 2.86. The number of halogens is 3. The molecule has 0 aliphatic carbocycles. The zero-order chi connectivity index (χ0) is 15.0. The van der Waals surface area contributed by atoms with E-state index in [9.17, 15) is 21.6 Å². The van der Waals surface area contributed by atoms with Gasteiger partial charge in [-0.1, -0.05) is 6.07 Å². The summed E-state index contributed by atoms with van der Waals surface area (Å²) in [6.45, 7) is 0.417. The molecule has 0 saturated carbocycles. The van der Waals surface area contributed by atoms with Crippen molar-refractivity contribution in [3.05, 3.63) is 24.3 Å². The number of nitrogens with zero attached hydrogens (tertiary/aromatic N) is 1. The van der Waals surface area contributed by atoms with Gasteiger partial charge in [-0.05, 0) is 18.6 Å². The fraction of sp³-hybridized carbons (Fsp3) is 0.455. The highest BCUT2D eigenvalue weighted by Crippen LogP contribution is 2.27. The summed E-state index contributed by atoms with van der Waals surface area (Å²) in [5.41, 5.74) is 5.63. The molecule has 1 aliphatic rings. The first-order valence-corrected chi connectivity index (χ1v) is 7.24. The van der Waals surface area contributed by atoms with E-state index in [2.05, 4.69) is 4.74 Å². The summed E-state index contributed by atoms with van der Waals surface area (Å²) < 4.78 is 65.7. The molecule has 0 unspecified atom stereocenters. The summed E-state index contributed by atoms with van der Waals surface area (Å²) in [4.78, 5) is -0.242. The minimum atomic E-state index is -4.86. The number of ether oxygens (including phenoxy) is 1. The average Bonchev–Trinajstić information content (AvgIpc) is 2.74. The molecule has 1 aromatic carbocycles. The molecule has 9 heteroatoms. The lowest BCUT2D eigenvalue weighted by atomic mass is 10.3. The Morgan fingerprint density at radius 2 is 2.05 bits per heavy atom. The number of sulfonamides is 1. The van der Waals surface area contributed by atoms with Gasteiger partial charge in [0.15, 0.2) is 0 Å². The average molecular weight is 310 g/mol. The van der Waals surface area contributed by atoms with Crippen molar-refractivity contribution < 1.29 is 26.3 Å². The van der Waals surface area contributed by atoms with Gasteiger partial charge in [0.25, 0.3) is 0 Å². The van der Waals surface area contributed by atoms with Crippen LogP contribution in [0.3, 0.4) is 0 Å². The van der Waals surface area contributed by atoms with Gasteiger partial charge in [0.1, 0.15) is 5.75 Å². The van der Waals surface area contributed by atoms with E-state index in [0.717, 1.165) is 16.4 Å². The van der Waals surface area contributed by atoms with E-state index in [1.165, 1.54) is 12.1 Å². The largest absolute Gasteiger partial charge is 0.573 e. The van der Waals surface area contributed by atoms with Gasteiger partial charge in [0.05, 0.1) is 4.90 Å². The summed E-state index contributed by atoms with van der Waals surface area (Å²) >= 11 is 0. The molecule has 1 atom stereocenters. The van der Waals surface area contributed by atoms with Crippen molar-refractivity contribution in [3.63, 3.8) is 0 Å². The van der Waals surface area contributed by atoms with Crippen LogP contribution in [0.4, 0.5) is 13.2 Å². The number of hydrogen-bond acceptors (Lipinski definition) is 4. The quantitative estimate of drug-likeness (QED) is 0.913. The van der Waals surface area contributed by atoms with Crippen LogP contribution in [0.25, 0.3) is 0 Å². The second kappa shape index (κ2) is 5.23. The standard InChI is InChI=1S/C11H13F3N2O3S/c12-11(13,14)19-9-2-1-3-10(6-9)20(17,18)16-5-4-8(15)7-16/h1-3,6,8H,4-5,7,15H2/t8-/m0/s1. The topological polar surface area (TPSA) is 72.6 Å². The Morgan fingerprint density at radius 3 is 2.60 bits per heavy atom. The molecule has 0 bridgehead atoms. The SMILES string of the molecule is N[C@H]1CCN(S(=O)(=O)c2cccc(OC(F)(F)F)c2)C1. The third-order valence-corrected chi connectivity index (χ3v) is 4.73. The number of hydrogen-bond donors (Lipinski definition) is 1. The molecular formula is C11H13F3N2O3S. The van der Waals surface area contributed by atoms with Crippen LogP contribution in [-0.2, 0) is 10.0 Å². The van der Waals surface area contributed by atoms with Gasteiger partial charge in [-0.15, -0.1) is 13.2 Å². The number of nitrogens with two attached hydrogens (primary N) is 1. The maximum absolute atomic E-state index is 12.2. The maximum atomic E-state index is 12.2. The maximum Gasteiger partial charge on any atom is 0.573 e. The van der Waals surface area contributed by atoms with E-state index < -0.39 is 22.1 Å².